The summed E-state index contributed by atoms with van der Waals surface area (Å²) >= 11 is 0. The van der Waals surface area contributed by atoms with Crippen LogP contribution in [0.3, 0.4) is 0 Å². The van der Waals surface area contributed by atoms with Gasteiger partial charge in [0.25, 0.3) is 11.7 Å². The number of piperidine rings is 1. The van der Waals surface area contributed by atoms with Gasteiger partial charge in [0.05, 0.1) is 14.2 Å². The summed E-state index contributed by atoms with van der Waals surface area (Å²) in [7, 11) is 3.01. The second kappa shape index (κ2) is 8.05. The molecule has 11 heteroatoms. The first kappa shape index (κ1) is 20.9. The van der Waals surface area contributed by atoms with E-state index < -0.39 is 11.9 Å². The van der Waals surface area contributed by atoms with Crippen molar-refractivity contribution in [3.05, 3.63) is 47.5 Å². The molecule has 0 radical (unpaired) electrons. The molecular formula is C20H20F3N5O3. The summed E-state index contributed by atoms with van der Waals surface area (Å²) in [6, 6.07) is 5.96. The molecule has 1 fully saturated rings. The molecule has 1 aliphatic heterocycles. The van der Waals surface area contributed by atoms with E-state index in [1.54, 1.807) is 23.1 Å². The highest BCUT2D eigenvalue weighted by Crippen LogP contribution is 2.34. The summed E-state index contributed by atoms with van der Waals surface area (Å²) in [4.78, 5) is 22.6. The Kier molecular flexibility index (Phi) is 5.42. The molecule has 1 saturated heterocycles. The van der Waals surface area contributed by atoms with Crippen molar-refractivity contribution in [2.24, 2.45) is 0 Å². The van der Waals surface area contributed by atoms with Crippen LogP contribution in [0, 0.1) is 0 Å². The zero-order valence-corrected chi connectivity index (χ0v) is 16.9. The van der Waals surface area contributed by atoms with Crippen molar-refractivity contribution in [1.29, 1.82) is 0 Å². The third kappa shape index (κ3) is 3.99. The van der Waals surface area contributed by atoms with E-state index in [0.717, 1.165) is 12.4 Å². The number of fused-ring (bicyclic) bond motifs is 1. The summed E-state index contributed by atoms with van der Waals surface area (Å²) in [5, 5.41) is 3.62. The molecule has 0 saturated carbocycles. The van der Waals surface area contributed by atoms with Gasteiger partial charge >= 0.3 is 6.18 Å². The van der Waals surface area contributed by atoms with Crippen molar-refractivity contribution >= 4 is 11.7 Å². The van der Waals surface area contributed by atoms with Crippen molar-refractivity contribution in [3.8, 4) is 11.5 Å². The summed E-state index contributed by atoms with van der Waals surface area (Å²) in [6.07, 6.45) is -2.54. The van der Waals surface area contributed by atoms with Crippen LogP contribution in [0.1, 0.15) is 40.5 Å². The highest BCUT2D eigenvalue weighted by atomic mass is 19.4. The Balaban J connectivity index is 1.51. The minimum absolute atomic E-state index is 0.0892. The molecule has 31 heavy (non-hydrogen) atoms. The maximum atomic E-state index is 13.4. The molecule has 2 aromatic heterocycles. The number of methoxy groups -OCH3 is 2. The second-order valence-corrected chi connectivity index (χ2v) is 7.17. The highest BCUT2D eigenvalue weighted by Gasteiger charge is 2.36. The van der Waals surface area contributed by atoms with E-state index >= 15 is 0 Å². The highest BCUT2D eigenvalue weighted by molar-refractivity contribution is 5.95. The second-order valence-electron chi connectivity index (χ2n) is 7.17. The van der Waals surface area contributed by atoms with Gasteiger partial charge in [-0.3, -0.25) is 4.79 Å². The van der Waals surface area contributed by atoms with Crippen molar-refractivity contribution in [1.82, 2.24) is 24.5 Å². The molecule has 8 nitrogen and oxygen atoms in total. The Morgan fingerprint density at radius 1 is 1.10 bits per heavy atom. The standard InChI is InChI=1S/C20H20F3N5O3/c1-30-15-4-3-13(9-16(15)31-2)18(29)27-7-5-12(6-8-27)14-10-17(20(21,22)23)28-19(26-14)24-11-25-28/h3-4,9-12H,5-8H2,1-2H3. The minimum Gasteiger partial charge on any atom is -0.493 e. The molecule has 1 aromatic carbocycles. The number of hydrogen-bond donors (Lipinski definition) is 0. The number of carbonyl (C=O) groups excluding carboxylic acids is 1. The zero-order chi connectivity index (χ0) is 22.2. The van der Waals surface area contributed by atoms with Crippen molar-refractivity contribution in [2.75, 3.05) is 27.3 Å². The average molecular weight is 435 g/mol. The van der Waals surface area contributed by atoms with Gasteiger partial charge in [0.2, 0.25) is 0 Å². The zero-order valence-electron chi connectivity index (χ0n) is 16.9. The molecule has 1 aliphatic rings. The van der Waals surface area contributed by atoms with Crippen LogP contribution < -0.4 is 9.47 Å². The van der Waals surface area contributed by atoms with Crippen LogP contribution in [-0.2, 0) is 6.18 Å². The number of amides is 1. The Hall–Kier alpha value is -3.37. The number of rotatable bonds is 4. The van der Waals surface area contributed by atoms with Gasteiger partial charge in [-0.2, -0.15) is 27.8 Å². The van der Waals surface area contributed by atoms with Crippen molar-refractivity contribution in [2.45, 2.75) is 24.9 Å². The largest absolute Gasteiger partial charge is 0.493 e. The number of alkyl halides is 3. The summed E-state index contributed by atoms with van der Waals surface area (Å²) in [5.41, 5.74) is -0.140. The Morgan fingerprint density at radius 2 is 1.81 bits per heavy atom. The van der Waals surface area contributed by atoms with Gasteiger partial charge in [-0.25, -0.2) is 4.98 Å². The third-order valence-corrected chi connectivity index (χ3v) is 5.39. The Labute approximate surface area is 175 Å². The van der Waals surface area contributed by atoms with Gasteiger partial charge in [-0.15, -0.1) is 0 Å². The number of likely N-dealkylation sites (tertiary alicyclic amines) is 1. The number of benzene rings is 1. The lowest BCUT2D eigenvalue weighted by Gasteiger charge is -2.32. The smallest absolute Gasteiger partial charge is 0.433 e. The van der Waals surface area contributed by atoms with Gasteiger partial charge in [0, 0.05) is 30.3 Å². The van der Waals surface area contributed by atoms with E-state index in [1.807, 2.05) is 0 Å². The summed E-state index contributed by atoms with van der Waals surface area (Å²) in [6.45, 7) is 0.803. The molecular weight excluding hydrogens is 415 g/mol. The lowest BCUT2D eigenvalue weighted by atomic mass is 9.92. The van der Waals surface area contributed by atoms with E-state index in [0.29, 0.717) is 53.2 Å². The number of hydrogen-bond acceptors (Lipinski definition) is 6. The molecule has 3 aromatic rings. The van der Waals surface area contributed by atoms with Crippen molar-refractivity contribution in [3.63, 3.8) is 0 Å². The topological polar surface area (TPSA) is 81.9 Å². The fourth-order valence-electron chi connectivity index (χ4n) is 3.77. The first-order chi connectivity index (χ1) is 14.8. The fraction of sp³-hybridized carbons (Fsp3) is 0.400. The lowest BCUT2D eigenvalue weighted by molar-refractivity contribution is -0.142. The molecule has 0 N–H and O–H groups in total. The van der Waals surface area contributed by atoms with Gasteiger partial charge in [0.15, 0.2) is 17.2 Å². The van der Waals surface area contributed by atoms with Gasteiger partial charge in [0.1, 0.15) is 6.33 Å². The first-order valence-corrected chi connectivity index (χ1v) is 9.61. The monoisotopic (exact) mass is 435 g/mol. The Bertz CT molecular complexity index is 1110. The quantitative estimate of drug-likeness (QED) is 0.626. The molecule has 0 spiro atoms. The van der Waals surface area contributed by atoms with Crippen LogP contribution in [-0.4, -0.2) is 57.7 Å². The number of ether oxygens (including phenoxy) is 2. The lowest BCUT2D eigenvalue weighted by Crippen LogP contribution is -2.38. The van der Waals surface area contributed by atoms with E-state index in [4.69, 9.17) is 9.47 Å². The number of aromatic nitrogens is 4. The van der Waals surface area contributed by atoms with Crippen LogP contribution >= 0.6 is 0 Å². The predicted molar refractivity (Wildman–Crippen MR) is 103 cm³/mol. The van der Waals surface area contributed by atoms with Crippen LogP contribution in [0.4, 0.5) is 13.2 Å². The van der Waals surface area contributed by atoms with Gasteiger partial charge in [-0.05, 0) is 37.1 Å². The van der Waals surface area contributed by atoms with Crippen LogP contribution in [0.15, 0.2) is 30.6 Å². The molecule has 3 heterocycles. The summed E-state index contributed by atoms with van der Waals surface area (Å²) < 4.78 is 51.4. The van der Waals surface area contributed by atoms with E-state index in [-0.39, 0.29) is 17.6 Å². The molecule has 1 amide bonds. The van der Waals surface area contributed by atoms with E-state index in [1.165, 1.54) is 14.2 Å². The minimum atomic E-state index is -4.58. The average Bonchev–Trinajstić information content (AvgIpc) is 3.25. The van der Waals surface area contributed by atoms with Crippen LogP contribution in [0.2, 0.25) is 0 Å². The fourth-order valence-corrected chi connectivity index (χ4v) is 3.77. The molecule has 0 atom stereocenters. The molecule has 0 aliphatic carbocycles. The van der Waals surface area contributed by atoms with Gasteiger partial charge in [-0.1, -0.05) is 0 Å². The normalized spacial score (nSPS) is 15.3. The molecule has 4 rings (SSSR count). The van der Waals surface area contributed by atoms with Crippen LogP contribution in [0.25, 0.3) is 5.78 Å². The molecule has 164 valence electrons. The third-order valence-electron chi connectivity index (χ3n) is 5.39. The molecule has 0 unspecified atom stereocenters. The maximum absolute atomic E-state index is 13.4. The summed E-state index contributed by atoms with van der Waals surface area (Å²) in [5.74, 6) is 0.504. The van der Waals surface area contributed by atoms with Gasteiger partial charge < -0.3 is 14.4 Å². The first-order valence-electron chi connectivity index (χ1n) is 9.61. The Morgan fingerprint density at radius 3 is 2.45 bits per heavy atom. The maximum Gasteiger partial charge on any atom is 0.433 e. The SMILES string of the molecule is COc1ccc(C(=O)N2CCC(c3cc(C(F)(F)F)n4ncnc4n3)CC2)cc1OC. The number of nitrogens with zero attached hydrogens (tertiary/aromatic N) is 5. The van der Waals surface area contributed by atoms with E-state index in [2.05, 4.69) is 15.1 Å². The number of carbonyl (C=O) groups is 1. The van der Waals surface area contributed by atoms with Crippen LogP contribution in [0.5, 0.6) is 11.5 Å². The molecule has 0 bridgehead atoms. The van der Waals surface area contributed by atoms with Crippen molar-refractivity contribution < 1.29 is 27.4 Å². The number of halogens is 3. The van der Waals surface area contributed by atoms with E-state index in [9.17, 15) is 18.0 Å². The predicted octanol–water partition coefficient (Wildman–Crippen LogP) is 3.18.